The Balaban J connectivity index is 2.13. The van der Waals surface area contributed by atoms with Gasteiger partial charge in [-0.2, -0.15) is 11.8 Å². The highest BCUT2D eigenvalue weighted by Gasteiger charge is 2.28. The van der Waals surface area contributed by atoms with Gasteiger partial charge in [0, 0.05) is 35.2 Å². The van der Waals surface area contributed by atoms with E-state index in [1.807, 2.05) is 11.8 Å². The number of hydrogen-bond donors (Lipinski definition) is 1. The van der Waals surface area contributed by atoms with Crippen LogP contribution >= 0.6 is 23.4 Å². The Labute approximate surface area is 136 Å². The zero-order valence-corrected chi connectivity index (χ0v) is 14.3. The highest BCUT2D eigenvalue weighted by molar-refractivity contribution is 7.99. The van der Waals surface area contributed by atoms with Gasteiger partial charge in [-0.05, 0) is 50.2 Å². The molecule has 2 atom stereocenters. The topological polar surface area (TPSA) is 15.3 Å². The van der Waals surface area contributed by atoms with E-state index in [0.29, 0.717) is 17.1 Å². The summed E-state index contributed by atoms with van der Waals surface area (Å²) >= 11 is 8.23. The number of rotatable bonds is 6. The smallest absolute Gasteiger partial charge is 0.123 e. The van der Waals surface area contributed by atoms with E-state index in [9.17, 15) is 4.39 Å². The molecule has 1 saturated heterocycles. The van der Waals surface area contributed by atoms with E-state index in [1.165, 1.54) is 11.8 Å². The molecule has 0 radical (unpaired) electrons. The van der Waals surface area contributed by atoms with Crippen molar-refractivity contribution in [3.63, 3.8) is 0 Å². The average Bonchev–Trinajstić information content (AvgIpc) is 2.48. The molecule has 21 heavy (non-hydrogen) atoms. The molecule has 1 fully saturated rings. The summed E-state index contributed by atoms with van der Waals surface area (Å²) in [6, 6.07) is 5.42. The summed E-state index contributed by atoms with van der Waals surface area (Å²) in [5.41, 5.74) is 0.897. The fraction of sp³-hybridized carbons (Fsp3) is 0.625. The number of likely N-dealkylation sites (N-methyl/N-ethyl adjacent to an activating group) is 1. The molecule has 0 aliphatic carbocycles. The van der Waals surface area contributed by atoms with Gasteiger partial charge in [-0.3, -0.25) is 0 Å². The maximum absolute atomic E-state index is 13.5. The summed E-state index contributed by atoms with van der Waals surface area (Å²) < 4.78 is 13.5. The Morgan fingerprint density at radius 2 is 2.33 bits per heavy atom. The van der Waals surface area contributed by atoms with Gasteiger partial charge in [0.05, 0.1) is 0 Å². The van der Waals surface area contributed by atoms with E-state index in [2.05, 4.69) is 24.2 Å². The van der Waals surface area contributed by atoms with E-state index >= 15 is 0 Å². The lowest BCUT2D eigenvalue weighted by Crippen LogP contribution is -2.53. The quantitative estimate of drug-likeness (QED) is 0.860. The van der Waals surface area contributed by atoms with Crippen molar-refractivity contribution in [3.05, 3.63) is 34.6 Å². The van der Waals surface area contributed by atoms with Crippen molar-refractivity contribution in [1.82, 2.24) is 10.2 Å². The number of nitrogens with one attached hydrogen (secondary N) is 1. The molecule has 0 saturated carbocycles. The molecule has 118 valence electrons. The fourth-order valence-electron chi connectivity index (χ4n) is 2.74. The first-order valence-electron chi connectivity index (χ1n) is 7.57. The molecule has 2 rings (SSSR count). The van der Waals surface area contributed by atoms with Crippen molar-refractivity contribution in [2.45, 2.75) is 31.8 Å². The first-order chi connectivity index (χ1) is 10.1. The maximum atomic E-state index is 13.5. The molecular formula is C16H24ClFN2S. The fourth-order valence-corrected chi connectivity index (χ4v) is 4.25. The minimum Gasteiger partial charge on any atom is -0.312 e. The minimum absolute atomic E-state index is 0.213. The molecule has 1 heterocycles. The summed E-state index contributed by atoms with van der Waals surface area (Å²) in [5.74, 6) is 2.09. The van der Waals surface area contributed by atoms with Crippen LogP contribution in [0.25, 0.3) is 0 Å². The first kappa shape index (κ1) is 17.1. The SMILES string of the molecule is CCCNC(Cc1cc(F)ccc1Cl)C1CSCCN1C. The van der Waals surface area contributed by atoms with Crippen molar-refractivity contribution in [2.75, 3.05) is 31.6 Å². The number of halogens is 2. The molecule has 0 bridgehead atoms. The van der Waals surface area contributed by atoms with E-state index in [0.717, 1.165) is 37.2 Å². The molecule has 2 nitrogen and oxygen atoms in total. The maximum Gasteiger partial charge on any atom is 0.123 e. The van der Waals surface area contributed by atoms with Crippen LogP contribution in [0.5, 0.6) is 0 Å². The molecule has 2 unspecified atom stereocenters. The van der Waals surface area contributed by atoms with Gasteiger partial charge in [-0.25, -0.2) is 4.39 Å². The van der Waals surface area contributed by atoms with Crippen molar-refractivity contribution in [3.8, 4) is 0 Å². The van der Waals surface area contributed by atoms with Crippen molar-refractivity contribution >= 4 is 23.4 Å². The monoisotopic (exact) mass is 330 g/mol. The largest absolute Gasteiger partial charge is 0.312 e. The van der Waals surface area contributed by atoms with Crippen LogP contribution in [0.2, 0.25) is 5.02 Å². The molecule has 1 N–H and O–H groups in total. The van der Waals surface area contributed by atoms with Gasteiger partial charge in [0.15, 0.2) is 0 Å². The van der Waals surface area contributed by atoms with Crippen LogP contribution in [0.15, 0.2) is 18.2 Å². The molecule has 1 aliphatic rings. The van der Waals surface area contributed by atoms with E-state index in [-0.39, 0.29) is 5.82 Å². The third kappa shape index (κ3) is 4.85. The van der Waals surface area contributed by atoms with Crippen LogP contribution in [-0.2, 0) is 6.42 Å². The molecule has 1 aromatic carbocycles. The molecular weight excluding hydrogens is 307 g/mol. The summed E-state index contributed by atoms with van der Waals surface area (Å²) in [4.78, 5) is 2.41. The molecule has 0 amide bonds. The van der Waals surface area contributed by atoms with Crippen LogP contribution in [-0.4, -0.2) is 48.6 Å². The molecule has 0 aromatic heterocycles. The third-order valence-electron chi connectivity index (χ3n) is 4.01. The van der Waals surface area contributed by atoms with Crippen molar-refractivity contribution < 1.29 is 4.39 Å². The Hall–Kier alpha value is -0.290. The van der Waals surface area contributed by atoms with Gasteiger partial charge >= 0.3 is 0 Å². The number of thioether (sulfide) groups is 1. The molecule has 5 heteroatoms. The van der Waals surface area contributed by atoms with E-state index in [1.54, 1.807) is 12.1 Å². The van der Waals surface area contributed by atoms with Crippen LogP contribution in [0.4, 0.5) is 4.39 Å². The van der Waals surface area contributed by atoms with Gasteiger partial charge in [0.2, 0.25) is 0 Å². The number of benzene rings is 1. The van der Waals surface area contributed by atoms with Crippen molar-refractivity contribution in [2.24, 2.45) is 0 Å². The standard InChI is InChI=1S/C16H24ClFN2S/c1-3-6-19-15(16-11-21-8-7-20(16)2)10-12-9-13(18)4-5-14(12)17/h4-5,9,15-16,19H,3,6-8,10-11H2,1-2H3. The van der Waals surface area contributed by atoms with Crippen LogP contribution < -0.4 is 5.32 Å². The molecule has 1 aromatic rings. The lowest BCUT2D eigenvalue weighted by molar-refractivity contribution is 0.213. The summed E-state index contributed by atoms with van der Waals surface area (Å²) in [6.45, 7) is 4.25. The number of hydrogen-bond acceptors (Lipinski definition) is 3. The first-order valence-corrected chi connectivity index (χ1v) is 9.10. The molecule has 1 aliphatic heterocycles. The normalized spacial score (nSPS) is 21.4. The lowest BCUT2D eigenvalue weighted by atomic mass is 9.98. The number of nitrogens with zero attached hydrogens (tertiary/aromatic N) is 1. The Kier molecular flexibility index (Phi) is 6.80. The minimum atomic E-state index is -0.213. The Morgan fingerprint density at radius 1 is 1.52 bits per heavy atom. The van der Waals surface area contributed by atoms with Gasteiger partial charge in [0.25, 0.3) is 0 Å². The van der Waals surface area contributed by atoms with E-state index in [4.69, 9.17) is 11.6 Å². The van der Waals surface area contributed by atoms with Crippen LogP contribution in [0, 0.1) is 5.82 Å². The van der Waals surface area contributed by atoms with Crippen LogP contribution in [0.1, 0.15) is 18.9 Å². The predicted octanol–water partition coefficient (Wildman–Crippen LogP) is 3.44. The summed E-state index contributed by atoms with van der Waals surface area (Å²) in [5, 5.41) is 4.29. The third-order valence-corrected chi connectivity index (χ3v) is 5.43. The predicted molar refractivity (Wildman–Crippen MR) is 90.9 cm³/mol. The second-order valence-electron chi connectivity index (χ2n) is 5.62. The Morgan fingerprint density at radius 3 is 3.05 bits per heavy atom. The zero-order valence-electron chi connectivity index (χ0n) is 12.7. The second kappa shape index (κ2) is 8.37. The van der Waals surface area contributed by atoms with Crippen molar-refractivity contribution in [1.29, 1.82) is 0 Å². The van der Waals surface area contributed by atoms with Gasteiger partial charge < -0.3 is 10.2 Å². The highest BCUT2D eigenvalue weighted by Crippen LogP contribution is 2.23. The van der Waals surface area contributed by atoms with E-state index < -0.39 is 0 Å². The Bertz CT molecular complexity index is 458. The second-order valence-corrected chi connectivity index (χ2v) is 7.18. The van der Waals surface area contributed by atoms with Gasteiger partial charge in [-0.1, -0.05) is 18.5 Å². The van der Waals surface area contributed by atoms with Crippen LogP contribution in [0.3, 0.4) is 0 Å². The highest BCUT2D eigenvalue weighted by atomic mass is 35.5. The lowest BCUT2D eigenvalue weighted by Gasteiger charge is -2.38. The zero-order chi connectivity index (χ0) is 15.2. The summed E-state index contributed by atoms with van der Waals surface area (Å²) in [7, 11) is 2.18. The summed E-state index contributed by atoms with van der Waals surface area (Å²) in [6.07, 6.45) is 1.86. The average molecular weight is 331 g/mol. The van der Waals surface area contributed by atoms with Gasteiger partial charge in [-0.15, -0.1) is 0 Å². The van der Waals surface area contributed by atoms with Gasteiger partial charge in [0.1, 0.15) is 5.82 Å². The molecule has 0 spiro atoms.